The highest BCUT2D eigenvalue weighted by Crippen LogP contribution is 2.01. The van der Waals surface area contributed by atoms with E-state index < -0.39 is 0 Å². The summed E-state index contributed by atoms with van der Waals surface area (Å²) >= 11 is 3.16. The third-order valence-corrected chi connectivity index (χ3v) is 1.38. The molecule has 0 N–H and O–H groups in total. The Labute approximate surface area is 72.5 Å². The lowest BCUT2D eigenvalue weighted by molar-refractivity contribution is 0.739. The van der Waals surface area contributed by atoms with Gasteiger partial charge < -0.3 is 0 Å². The van der Waals surface area contributed by atoms with Crippen LogP contribution in [0.1, 0.15) is 0 Å². The number of hydrogen-bond acceptors (Lipinski definition) is 2. The maximum absolute atomic E-state index is 10.9. The van der Waals surface area contributed by atoms with Gasteiger partial charge in [-0.25, -0.2) is 9.78 Å². The van der Waals surface area contributed by atoms with Gasteiger partial charge in [0.15, 0.2) is 0 Å². The van der Waals surface area contributed by atoms with E-state index in [1.165, 1.54) is 10.8 Å². The molecule has 0 spiro atoms. The first-order valence-electron chi connectivity index (χ1n) is 3.05. The van der Waals surface area contributed by atoms with Crippen LogP contribution in [-0.4, -0.2) is 9.55 Å². The molecule has 4 heteroatoms. The smallest absolute Gasteiger partial charge is 0.294 e. The van der Waals surface area contributed by atoms with Crippen LogP contribution < -0.4 is 5.69 Å². The normalized spacial score (nSPS) is 9.55. The Morgan fingerprint density at radius 2 is 2.55 bits per heavy atom. The molecular formula is C7H7BrN2O. The van der Waals surface area contributed by atoms with Gasteiger partial charge in [0.2, 0.25) is 0 Å². The monoisotopic (exact) mass is 214 g/mol. The van der Waals surface area contributed by atoms with E-state index in [4.69, 9.17) is 0 Å². The van der Waals surface area contributed by atoms with Crippen LogP contribution in [0.2, 0.25) is 0 Å². The van der Waals surface area contributed by atoms with Crippen molar-refractivity contribution in [3.8, 4) is 0 Å². The molecule has 0 aliphatic heterocycles. The van der Waals surface area contributed by atoms with E-state index in [9.17, 15) is 4.79 Å². The SMILES string of the molecule is C=C(Br)Cn1cccnc1=O. The predicted molar refractivity (Wildman–Crippen MR) is 46.6 cm³/mol. The molecule has 1 aromatic heterocycles. The first kappa shape index (κ1) is 8.20. The number of rotatable bonds is 2. The average molecular weight is 215 g/mol. The molecule has 3 nitrogen and oxygen atoms in total. The van der Waals surface area contributed by atoms with E-state index in [-0.39, 0.29) is 5.69 Å². The first-order chi connectivity index (χ1) is 5.20. The van der Waals surface area contributed by atoms with Gasteiger partial charge in [-0.05, 0) is 6.07 Å². The Kier molecular flexibility index (Phi) is 2.59. The quantitative estimate of drug-likeness (QED) is 0.741. The minimum absolute atomic E-state index is 0.256. The Hall–Kier alpha value is -0.900. The summed E-state index contributed by atoms with van der Waals surface area (Å²) < 4.78 is 2.23. The molecule has 0 amide bonds. The zero-order valence-corrected chi connectivity index (χ0v) is 7.41. The highest BCUT2D eigenvalue weighted by atomic mass is 79.9. The highest BCUT2D eigenvalue weighted by molar-refractivity contribution is 9.11. The van der Waals surface area contributed by atoms with E-state index >= 15 is 0 Å². The molecular weight excluding hydrogens is 208 g/mol. The van der Waals surface area contributed by atoms with Gasteiger partial charge in [0, 0.05) is 16.9 Å². The molecule has 0 fully saturated rings. The van der Waals surface area contributed by atoms with Crippen LogP contribution in [0.5, 0.6) is 0 Å². The van der Waals surface area contributed by atoms with Crippen molar-refractivity contribution in [2.45, 2.75) is 6.54 Å². The van der Waals surface area contributed by atoms with Crippen molar-refractivity contribution in [1.82, 2.24) is 9.55 Å². The lowest BCUT2D eigenvalue weighted by atomic mass is 10.5. The highest BCUT2D eigenvalue weighted by Gasteiger charge is 1.93. The molecule has 1 heterocycles. The molecule has 58 valence electrons. The van der Waals surface area contributed by atoms with Gasteiger partial charge in [-0.3, -0.25) is 4.57 Å². The molecule has 0 atom stereocenters. The standard InChI is InChI=1S/C7H7BrN2O/c1-6(8)5-10-4-2-3-9-7(10)11/h2-4H,1,5H2. The molecule has 1 rings (SSSR count). The van der Waals surface area contributed by atoms with Crippen molar-refractivity contribution in [2.75, 3.05) is 0 Å². The van der Waals surface area contributed by atoms with Gasteiger partial charge in [0.25, 0.3) is 0 Å². The number of halogens is 1. The van der Waals surface area contributed by atoms with Crippen LogP contribution in [-0.2, 0) is 6.54 Å². The number of allylic oxidation sites excluding steroid dienone is 1. The molecule has 0 saturated carbocycles. The van der Waals surface area contributed by atoms with Gasteiger partial charge in [-0.1, -0.05) is 22.5 Å². The molecule has 0 aliphatic carbocycles. The molecule has 0 bridgehead atoms. The molecule has 0 aliphatic rings. The topological polar surface area (TPSA) is 34.9 Å². The summed E-state index contributed by atoms with van der Waals surface area (Å²) in [6.45, 7) is 4.09. The van der Waals surface area contributed by atoms with Crippen molar-refractivity contribution in [3.63, 3.8) is 0 Å². The van der Waals surface area contributed by atoms with Gasteiger partial charge >= 0.3 is 5.69 Å². The Bertz CT molecular complexity index is 318. The lowest BCUT2D eigenvalue weighted by Gasteiger charge is -2.00. The summed E-state index contributed by atoms with van der Waals surface area (Å²) in [5.41, 5.74) is -0.256. The molecule has 0 radical (unpaired) electrons. The summed E-state index contributed by atoms with van der Waals surface area (Å²) in [6.07, 6.45) is 3.14. The Morgan fingerprint density at radius 1 is 1.82 bits per heavy atom. The lowest BCUT2D eigenvalue weighted by Crippen LogP contribution is -2.21. The average Bonchev–Trinajstić information content (AvgIpc) is 1.93. The van der Waals surface area contributed by atoms with Crippen molar-refractivity contribution in [1.29, 1.82) is 0 Å². The minimum Gasteiger partial charge on any atom is -0.294 e. The molecule has 0 aromatic carbocycles. The molecule has 0 unspecified atom stereocenters. The summed E-state index contributed by atoms with van der Waals surface area (Å²) in [4.78, 5) is 14.5. The minimum atomic E-state index is -0.256. The van der Waals surface area contributed by atoms with Gasteiger partial charge in [0.05, 0.1) is 6.54 Å². The van der Waals surface area contributed by atoms with Crippen LogP contribution in [0.25, 0.3) is 0 Å². The van der Waals surface area contributed by atoms with E-state index in [0.29, 0.717) is 6.54 Å². The van der Waals surface area contributed by atoms with Gasteiger partial charge in [0.1, 0.15) is 0 Å². The Morgan fingerprint density at radius 3 is 3.09 bits per heavy atom. The number of aromatic nitrogens is 2. The van der Waals surface area contributed by atoms with Gasteiger partial charge in [-0.2, -0.15) is 0 Å². The van der Waals surface area contributed by atoms with Crippen LogP contribution in [0.4, 0.5) is 0 Å². The van der Waals surface area contributed by atoms with Crippen LogP contribution in [0.15, 0.2) is 34.3 Å². The fraction of sp³-hybridized carbons (Fsp3) is 0.143. The molecule has 1 aromatic rings. The summed E-state index contributed by atoms with van der Waals surface area (Å²) in [5.74, 6) is 0. The maximum Gasteiger partial charge on any atom is 0.347 e. The number of hydrogen-bond donors (Lipinski definition) is 0. The third kappa shape index (κ3) is 2.31. The van der Waals surface area contributed by atoms with E-state index in [2.05, 4.69) is 27.5 Å². The second kappa shape index (κ2) is 3.48. The third-order valence-electron chi connectivity index (χ3n) is 1.12. The fourth-order valence-electron chi connectivity index (χ4n) is 0.692. The van der Waals surface area contributed by atoms with E-state index in [1.54, 1.807) is 12.3 Å². The number of nitrogens with zero attached hydrogens (tertiary/aromatic N) is 2. The van der Waals surface area contributed by atoms with Crippen molar-refractivity contribution < 1.29 is 0 Å². The van der Waals surface area contributed by atoms with E-state index in [0.717, 1.165) is 4.48 Å². The zero-order valence-electron chi connectivity index (χ0n) is 5.83. The van der Waals surface area contributed by atoms with Crippen LogP contribution in [0.3, 0.4) is 0 Å². The van der Waals surface area contributed by atoms with E-state index in [1.807, 2.05) is 0 Å². The zero-order chi connectivity index (χ0) is 8.27. The summed E-state index contributed by atoms with van der Waals surface area (Å²) in [7, 11) is 0. The van der Waals surface area contributed by atoms with Gasteiger partial charge in [-0.15, -0.1) is 0 Å². The van der Waals surface area contributed by atoms with Crippen molar-refractivity contribution in [2.24, 2.45) is 0 Å². The maximum atomic E-state index is 10.9. The molecule has 11 heavy (non-hydrogen) atoms. The second-order valence-electron chi connectivity index (χ2n) is 2.05. The van der Waals surface area contributed by atoms with Crippen LogP contribution in [0, 0.1) is 0 Å². The Balaban J connectivity index is 2.95. The molecule has 0 saturated heterocycles. The first-order valence-corrected chi connectivity index (χ1v) is 3.84. The largest absolute Gasteiger partial charge is 0.347 e. The predicted octanol–water partition coefficient (Wildman–Crippen LogP) is 1.15. The fourth-order valence-corrected chi connectivity index (χ4v) is 0.962. The van der Waals surface area contributed by atoms with Crippen molar-refractivity contribution >= 4 is 15.9 Å². The summed E-state index contributed by atoms with van der Waals surface area (Å²) in [5, 5.41) is 0. The summed E-state index contributed by atoms with van der Waals surface area (Å²) in [6, 6.07) is 1.71. The van der Waals surface area contributed by atoms with Crippen molar-refractivity contribution in [3.05, 3.63) is 40.0 Å². The second-order valence-corrected chi connectivity index (χ2v) is 3.17. The van der Waals surface area contributed by atoms with Crippen LogP contribution >= 0.6 is 15.9 Å².